The van der Waals surface area contributed by atoms with Crippen molar-refractivity contribution in [2.75, 3.05) is 43.4 Å². The van der Waals surface area contributed by atoms with E-state index < -0.39 is 11.8 Å². The van der Waals surface area contributed by atoms with Gasteiger partial charge >= 0.3 is 0 Å². The number of rotatable bonds is 3. The summed E-state index contributed by atoms with van der Waals surface area (Å²) in [7, 11) is 0. The number of piperidine rings is 1. The first-order chi connectivity index (χ1) is 10.0. The van der Waals surface area contributed by atoms with Crippen molar-refractivity contribution in [3.8, 4) is 0 Å². The summed E-state index contributed by atoms with van der Waals surface area (Å²) >= 11 is 0. The van der Waals surface area contributed by atoms with E-state index in [0.29, 0.717) is 31.9 Å². The molecule has 0 bridgehead atoms. The van der Waals surface area contributed by atoms with E-state index in [1.165, 1.54) is 0 Å². The Morgan fingerprint density at radius 1 is 1.43 bits per heavy atom. The second kappa shape index (κ2) is 5.77. The van der Waals surface area contributed by atoms with Crippen LogP contribution in [-0.2, 0) is 0 Å². The van der Waals surface area contributed by atoms with Gasteiger partial charge < -0.3 is 15.7 Å². The van der Waals surface area contributed by atoms with E-state index in [4.69, 9.17) is 5.73 Å². The number of aliphatic hydroxyl groups is 1. The lowest BCUT2D eigenvalue weighted by Gasteiger charge is -2.42. The lowest BCUT2D eigenvalue weighted by molar-refractivity contribution is -0.00332. The third kappa shape index (κ3) is 3.44. The number of aromatic nitrogens is 1. The molecular weight excluding hydrogens is 271 g/mol. The molecule has 3 heterocycles. The number of hydrogen-bond acceptors (Lipinski definition) is 5. The summed E-state index contributed by atoms with van der Waals surface area (Å²) in [6.07, 6.45) is 3.28. The largest absolute Gasteiger partial charge is 0.387 e. The standard InChI is InChI=1S/C15H23FN4O/c16-12-4-7-19(9-12)10-15(21)5-1-6-20(11-15)13-2-3-14(17)18-8-13/h2-3,8,12,21H,1,4-7,9-11H2,(H2,17,18)/t12-,15?/m0/s1. The fourth-order valence-corrected chi connectivity index (χ4v) is 3.39. The SMILES string of the molecule is Nc1ccc(N2CCCC(O)(CN3CC[C@H](F)C3)C2)cn1. The molecule has 116 valence electrons. The zero-order valence-electron chi connectivity index (χ0n) is 12.2. The number of nitrogens with zero attached hydrogens (tertiary/aromatic N) is 3. The second-order valence-electron chi connectivity index (χ2n) is 6.31. The highest BCUT2D eigenvalue weighted by Gasteiger charge is 2.37. The van der Waals surface area contributed by atoms with Crippen LogP contribution in [0.4, 0.5) is 15.9 Å². The molecular formula is C15H23FN4O. The third-order valence-electron chi connectivity index (χ3n) is 4.42. The molecule has 0 amide bonds. The number of alkyl halides is 1. The zero-order valence-corrected chi connectivity index (χ0v) is 12.2. The molecule has 0 radical (unpaired) electrons. The summed E-state index contributed by atoms with van der Waals surface area (Å²) in [6, 6.07) is 3.71. The van der Waals surface area contributed by atoms with Crippen molar-refractivity contribution < 1.29 is 9.50 Å². The maximum Gasteiger partial charge on any atom is 0.123 e. The summed E-state index contributed by atoms with van der Waals surface area (Å²) in [5.41, 5.74) is 5.81. The van der Waals surface area contributed by atoms with Crippen LogP contribution in [0.5, 0.6) is 0 Å². The highest BCUT2D eigenvalue weighted by Crippen LogP contribution is 2.28. The van der Waals surface area contributed by atoms with Crippen LogP contribution in [0.25, 0.3) is 0 Å². The van der Waals surface area contributed by atoms with Gasteiger partial charge in [-0.15, -0.1) is 0 Å². The molecule has 3 rings (SSSR count). The van der Waals surface area contributed by atoms with Crippen molar-refractivity contribution in [1.29, 1.82) is 0 Å². The summed E-state index contributed by atoms with van der Waals surface area (Å²) in [5, 5.41) is 10.9. The van der Waals surface area contributed by atoms with E-state index in [2.05, 4.69) is 9.88 Å². The lowest BCUT2D eigenvalue weighted by Crippen LogP contribution is -2.54. The fourth-order valence-electron chi connectivity index (χ4n) is 3.39. The van der Waals surface area contributed by atoms with Crippen LogP contribution >= 0.6 is 0 Å². The number of nitrogen functional groups attached to an aromatic ring is 1. The molecule has 1 aromatic heterocycles. The van der Waals surface area contributed by atoms with E-state index >= 15 is 0 Å². The van der Waals surface area contributed by atoms with Gasteiger partial charge in [0, 0.05) is 32.7 Å². The monoisotopic (exact) mass is 294 g/mol. The minimum absolute atomic E-state index is 0.450. The molecule has 1 aromatic rings. The Balaban J connectivity index is 1.65. The minimum atomic E-state index is -0.774. The molecule has 0 saturated carbocycles. The Morgan fingerprint density at radius 2 is 2.29 bits per heavy atom. The number of β-amino-alcohol motifs (C(OH)–C–C–N with tert-alkyl or cyclic N) is 1. The van der Waals surface area contributed by atoms with Gasteiger partial charge in [-0.05, 0) is 31.4 Å². The minimum Gasteiger partial charge on any atom is -0.387 e. The summed E-state index contributed by atoms with van der Waals surface area (Å²) in [6.45, 7) is 3.21. The Kier molecular flexibility index (Phi) is 3.99. The van der Waals surface area contributed by atoms with E-state index in [1.807, 2.05) is 11.0 Å². The molecule has 2 atom stereocenters. The van der Waals surface area contributed by atoms with Crippen LogP contribution in [-0.4, -0.2) is 59.5 Å². The normalized spacial score (nSPS) is 30.8. The first-order valence-corrected chi connectivity index (χ1v) is 7.59. The molecule has 3 N–H and O–H groups in total. The second-order valence-corrected chi connectivity index (χ2v) is 6.31. The number of likely N-dealkylation sites (tertiary alicyclic amines) is 1. The van der Waals surface area contributed by atoms with Crippen LogP contribution in [0, 0.1) is 0 Å². The summed E-state index contributed by atoms with van der Waals surface area (Å²) in [4.78, 5) is 8.28. The molecule has 5 nitrogen and oxygen atoms in total. The highest BCUT2D eigenvalue weighted by molar-refractivity contribution is 5.48. The quantitative estimate of drug-likeness (QED) is 0.872. The molecule has 2 aliphatic rings. The Labute approximate surface area is 124 Å². The zero-order chi connectivity index (χ0) is 14.9. The summed E-state index contributed by atoms with van der Waals surface area (Å²) < 4.78 is 13.3. The van der Waals surface area contributed by atoms with Crippen molar-refractivity contribution in [3.05, 3.63) is 18.3 Å². The van der Waals surface area contributed by atoms with Crippen LogP contribution in [0.15, 0.2) is 18.3 Å². The van der Waals surface area contributed by atoms with Gasteiger partial charge in [0.2, 0.25) is 0 Å². The molecule has 2 fully saturated rings. The predicted molar refractivity (Wildman–Crippen MR) is 81.0 cm³/mol. The highest BCUT2D eigenvalue weighted by atomic mass is 19.1. The number of halogens is 1. The van der Waals surface area contributed by atoms with Crippen molar-refractivity contribution in [1.82, 2.24) is 9.88 Å². The molecule has 2 saturated heterocycles. The first-order valence-electron chi connectivity index (χ1n) is 7.59. The van der Waals surface area contributed by atoms with Crippen LogP contribution in [0.2, 0.25) is 0 Å². The first kappa shape index (κ1) is 14.5. The van der Waals surface area contributed by atoms with E-state index in [-0.39, 0.29) is 0 Å². The number of hydrogen-bond donors (Lipinski definition) is 2. The predicted octanol–water partition coefficient (Wildman–Crippen LogP) is 1.04. The van der Waals surface area contributed by atoms with Crippen LogP contribution < -0.4 is 10.6 Å². The molecule has 1 unspecified atom stereocenters. The maximum absolute atomic E-state index is 13.3. The van der Waals surface area contributed by atoms with Gasteiger partial charge in [0.05, 0.1) is 17.5 Å². The van der Waals surface area contributed by atoms with E-state index in [0.717, 1.165) is 31.6 Å². The molecule has 0 aromatic carbocycles. The Bertz CT molecular complexity index is 483. The van der Waals surface area contributed by atoms with Gasteiger partial charge in [-0.2, -0.15) is 0 Å². The van der Waals surface area contributed by atoms with E-state index in [9.17, 15) is 9.50 Å². The lowest BCUT2D eigenvalue weighted by atomic mass is 9.92. The molecule has 2 aliphatic heterocycles. The van der Waals surface area contributed by atoms with Crippen LogP contribution in [0.3, 0.4) is 0 Å². The van der Waals surface area contributed by atoms with Gasteiger partial charge in [-0.1, -0.05) is 0 Å². The van der Waals surface area contributed by atoms with Crippen molar-refractivity contribution >= 4 is 11.5 Å². The van der Waals surface area contributed by atoms with Crippen LogP contribution in [0.1, 0.15) is 19.3 Å². The van der Waals surface area contributed by atoms with Gasteiger partial charge in [-0.3, -0.25) is 4.90 Å². The Hall–Kier alpha value is -1.40. The average Bonchev–Trinajstić information content (AvgIpc) is 2.84. The fraction of sp³-hybridized carbons (Fsp3) is 0.667. The summed E-state index contributed by atoms with van der Waals surface area (Å²) in [5.74, 6) is 0.497. The molecule has 0 aliphatic carbocycles. The molecule has 6 heteroatoms. The van der Waals surface area contributed by atoms with Crippen molar-refractivity contribution in [3.63, 3.8) is 0 Å². The average molecular weight is 294 g/mol. The van der Waals surface area contributed by atoms with Crippen molar-refractivity contribution in [2.45, 2.75) is 31.0 Å². The number of pyridine rings is 1. The molecule has 21 heavy (non-hydrogen) atoms. The van der Waals surface area contributed by atoms with Gasteiger partial charge in [0.25, 0.3) is 0 Å². The van der Waals surface area contributed by atoms with Gasteiger partial charge in [0.1, 0.15) is 12.0 Å². The van der Waals surface area contributed by atoms with Gasteiger partial charge in [0.15, 0.2) is 0 Å². The number of anilines is 2. The van der Waals surface area contributed by atoms with Crippen molar-refractivity contribution in [2.24, 2.45) is 0 Å². The number of nitrogens with two attached hydrogens (primary N) is 1. The van der Waals surface area contributed by atoms with Gasteiger partial charge in [-0.25, -0.2) is 9.37 Å². The maximum atomic E-state index is 13.3. The van der Waals surface area contributed by atoms with E-state index in [1.54, 1.807) is 12.3 Å². The smallest absolute Gasteiger partial charge is 0.123 e. The third-order valence-corrected chi connectivity index (χ3v) is 4.42. The Morgan fingerprint density at radius 3 is 2.95 bits per heavy atom. The molecule has 0 spiro atoms. The topological polar surface area (TPSA) is 65.6 Å².